The first-order valence-electron chi connectivity index (χ1n) is 6.30. The van der Waals surface area contributed by atoms with Gasteiger partial charge in [0.25, 0.3) is 0 Å². The summed E-state index contributed by atoms with van der Waals surface area (Å²) in [5, 5.41) is 10.9. The Labute approximate surface area is 99.8 Å². The van der Waals surface area contributed by atoms with Gasteiger partial charge in [-0.3, -0.25) is 0 Å². The number of nitrogens with zero attached hydrogens (tertiary/aromatic N) is 1. The highest BCUT2D eigenvalue weighted by atomic mass is 16.3. The first-order chi connectivity index (χ1) is 8.17. The Balaban J connectivity index is 2.01. The van der Waals surface area contributed by atoms with E-state index in [1.165, 1.54) is 23.8 Å². The van der Waals surface area contributed by atoms with Gasteiger partial charge >= 0.3 is 0 Å². The molecular formula is C14H16N2O. The van der Waals surface area contributed by atoms with Crippen LogP contribution < -0.4 is 5.73 Å². The molecule has 3 nitrogen and oxygen atoms in total. The van der Waals surface area contributed by atoms with Crippen molar-refractivity contribution in [1.29, 1.82) is 0 Å². The van der Waals surface area contributed by atoms with Crippen molar-refractivity contribution >= 4 is 10.9 Å². The van der Waals surface area contributed by atoms with Crippen molar-refractivity contribution < 1.29 is 5.11 Å². The maximum atomic E-state index is 9.64. The molecule has 88 valence electrons. The summed E-state index contributed by atoms with van der Waals surface area (Å²) in [4.78, 5) is 0. The standard InChI is InChI=1S/C14H16N2O/c15-14(5-6-14)12-8-16(9-1-2-9)13-7-10(17)3-4-11(12)13/h3-4,7-9,17H,1-2,5-6,15H2. The normalized spacial score (nSPS) is 21.9. The molecular weight excluding hydrogens is 212 g/mol. The average Bonchev–Trinajstić information content (AvgIpc) is 3.21. The van der Waals surface area contributed by atoms with Gasteiger partial charge in [-0.25, -0.2) is 0 Å². The third-order valence-corrected chi connectivity index (χ3v) is 4.08. The summed E-state index contributed by atoms with van der Waals surface area (Å²) in [6, 6.07) is 6.25. The van der Waals surface area contributed by atoms with Crippen LogP contribution in [0.1, 0.15) is 37.3 Å². The van der Waals surface area contributed by atoms with Crippen LogP contribution in [0, 0.1) is 0 Å². The second-order valence-electron chi connectivity index (χ2n) is 5.54. The van der Waals surface area contributed by atoms with E-state index in [4.69, 9.17) is 5.73 Å². The predicted molar refractivity (Wildman–Crippen MR) is 67.0 cm³/mol. The fraction of sp³-hybridized carbons (Fsp3) is 0.429. The van der Waals surface area contributed by atoms with Gasteiger partial charge in [0.05, 0.1) is 5.52 Å². The number of phenolic OH excluding ortho intramolecular Hbond substituents is 1. The number of fused-ring (bicyclic) bond motifs is 1. The van der Waals surface area contributed by atoms with Crippen molar-refractivity contribution in [2.45, 2.75) is 37.3 Å². The number of phenols is 1. The zero-order chi connectivity index (χ0) is 11.6. The van der Waals surface area contributed by atoms with E-state index in [2.05, 4.69) is 10.8 Å². The lowest BCUT2D eigenvalue weighted by atomic mass is 10.1. The van der Waals surface area contributed by atoms with Crippen LogP contribution in [0.3, 0.4) is 0 Å². The molecule has 17 heavy (non-hydrogen) atoms. The molecule has 0 spiro atoms. The highest BCUT2D eigenvalue weighted by Crippen LogP contribution is 2.48. The van der Waals surface area contributed by atoms with Gasteiger partial charge in [0.15, 0.2) is 0 Å². The van der Waals surface area contributed by atoms with Crippen LogP contribution in [0.25, 0.3) is 10.9 Å². The molecule has 1 heterocycles. The number of hydrogen-bond acceptors (Lipinski definition) is 2. The maximum Gasteiger partial charge on any atom is 0.117 e. The van der Waals surface area contributed by atoms with Crippen LogP contribution in [-0.4, -0.2) is 9.67 Å². The van der Waals surface area contributed by atoms with E-state index in [9.17, 15) is 5.11 Å². The molecule has 0 aliphatic heterocycles. The lowest BCUT2D eigenvalue weighted by Crippen LogP contribution is -2.18. The molecule has 0 saturated heterocycles. The fourth-order valence-electron chi connectivity index (χ4n) is 2.70. The summed E-state index contributed by atoms with van der Waals surface area (Å²) in [6.07, 6.45) is 6.87. The highest BCUT2D eigenvalue weighted by Gasteiger charge is 2.42. The first kappa shape index (κ1) is 9.54. The van der Waals surface area contributed by atoms with Gasteiger partial charge in [0, 0.05) is 29.2 Å². The van der Waals surface area contributed by atoms with Crippen LogP contribution in [-0.2, 0) is 5.54 Å². The zero-order valence-electron chi connectivity index (χ0n) is 9.69. The lowest BCUT2D eigenvalue weighted by molar-refractivity contribution is 0.476. The minimum atomic E-state index is -0.102. The fourth-order valence-corrected chi connectivity index (χ4v) is 2.70. The Bertz CT molecular complexity index is 606. The number of aromatic nitrogens is 1. The van der Waals surface area contributed by atoms with Gasteiger partial charge in [0.1, 0.15) is 5.75 Å². The van der Waals surface area contributed by atoms with Gasteiger partial charge < -0.3 is 15.4 Å². The van der Waals surface area contributed by atoms with Crippen molar-refractivity contribution in [3.8, 4) is 5.75 Å². The summed E-state index contributed by atoms with van der Waals surface area (Å²) in [6.45, 7) is 0. The molecule has 4 rings (SSSR count). The summed E-state index contributed by atoms with van der Waals surface area (Å²) >= 11 is 0. The van der Waals surface area contributed by atoms with Gasteiger partial charge in [-0.1, -0.05) is 0 Å². The average molecular weight is 228 g/mol. The topological polar surface area (TPSA) is 51.2 Å². The molecule has 0 amide bonds. The molecule has 0 radical (unpaired) electrons. The first-order valence-corrected chi connectivity index (χ1v) is 6.30. The minimum Gasteiger partial charge on any atom is -0.508 e. The number of benzene rings is 1. The van der Waals surface area contributed by atoms with Crippen molar-refractivity contribution in [3.05, 3.63) is 30.0 Å². The van der Waals surface area contributed by atoms with Crippen LogP contribution in [0.5, 0.6) is 5.75 Å². The van der Waals surface area contributed by atoms with Gasteiger partial charge in [-0.15, -0.1) is 0 Å². The predicted octanol–water partition coefficient (Wildman–Crippen LogP) is 2.63. The lowest BCUT2D eigenvalue weighted by Gasteiger charge is -2.06. The van der Waals surface area contributed by atoms with E-state index in [0.717, 1.165) is 18.4 Å². The maximum absolute atomic E-state index is 9.64. The number of aromatic hydroxyl groups is 1. The quantitative estimate of drug-likeness (QED) is 0.830. The summed E-state index contributed by atoms with van der Waals surface area (Å²) in [7, 11) is 0. The molecule has 0 bridgehead atoms. The largest absolute Gasteiger partial charge is 0.508 e. The van der Waals surface area contributed by atoms with Gasteiger partial charge in [-0.05, 0) is 43.4 Å². The zero-order valence-corrected chi connectivity index (χ0v) is 9.69. The Morgan fingerprint density at radius 2 is 2.06 bits per heavy atom. The molecule has 2 aliphatic rings. The molecule has 1 aromatic heterocycles. The van der Waals surface area contributed by atoms with E-state index in [0.29, 0.717) is 11.8 Å². The van der Waals surface area contributed by atoms with Crippen LogP contribution in [0.2, 0.25) is 0 Å². The third kappa shape index (κ3) is 1.32. The van der Waals surface area contributed by atoms with Crippen molar-refractivity contribution in [2.24, 2.45) is 5.73 Å². The number of hydrogen-bond donors (Lipinski definition) is 2. The molecule has 2 aliphatic carbocycles. The molecule has 2 saturated carbocycles. The number of nitrogens with two attached hydrogens (primary N) is 1. The molecule has 0 atom stereocenters. The highest BCUT2D eigenvalue weighted by molar-refractivity contribution is 5.87. The Morgan fingerprint density at radius 3 is 2.71 bits per heavy atom. The molecule has 1 aromatic carbocycles. The van der Waals surface area contributed by atoms with Crippen molar-refractivity contribution in [1.82, 2.24) is 4.57 Å². The Morgan fingerprint density at radius 1 is 1.29 bits per heavy atom. The number of rotatable bonds is 2. The molecule has 0 unspecified atom stereocenters. The summed E-state index contributed by atoms with van der Waals surface area (Å²) < 4.78 is 2.30. The van der Waals surface area contributed by atoms with Crippen molar-refractivity contribution in [2.75, 3.05) is 0 Å². The summed E-state index contributed by atoms with van der Waals surface area (Å²) in [5.41, 5.74) is 8.63. The van der Waals surface area contributed by atoms with E-state index in [1.54, 1.807) is 6.07 Å². The van der Waals surface area contributed by atoms with E-state index >= 15 is 0 Å². The van der Waals surface area contributed by atoms with Gasteiger partial charge in [-0.2, -0.15) is 0 Å². The molecule has 2 fully saturated rings. The van der Waals surface area contributed by atoms with E-state index in [1.807, 2.05) is 12.1 Å². The molecule has 2 aromatic rings. The SMILES string of the molecule is NC1(c2cn(C3CC3)c3cc(O)ccc23)CC1. The summed E-state index contributed by atoms with van der Waals surface area (Å²) in [5.74, 6) is 0.339. The second kappa shape index (κ2) is 2.85. The minimum absolute atomic E-state index is 0.102. The van der Waals surface area contributed by atoms with E-state index < -0.39 is 0 Å². The third-order valence-electron chi connectivity index (χ3n) is 4.08. The molecule has 3 N–H and O–H groups in total. The van der Waals surface area contributed by atoms with Crippen LogP contribution >= 0.6 is 0 Å². The van der Waals surface area contributed by atoms with Crippen molar-refractivity contribution in [3.63, 3.8) is 0 Å². The second-order valence-corrected chi connectivity index (χ2v) is 5.54. The van der Waals surface area contributed by atoms with Gasteiger partial charge in [0.2, 0.25) is 0 Å². The Kier molecular flexibility index (Phi) is 1.60. The van der Waals surface area contributed by atoms with Crippen LogP contribution in [0.4, 0.5) is 0 Å². The van der Waals surface area contributed by atoms with Crippen LogP contribution in [0.15, 0.2) is 24.4 Å². The smallest absolute Gasteiger partial charge is 0.117 e. The molecule has 3 heteroatoms. The Hall–Kier alpha value is -1.48. The monoisotopic (exact) mass is 228 g/mol. The van der Waals surface area contributed by atoms with E-state index in [-0.39, 0.29) is 5.54 Å².